The van der Waals surface area contributed by atoms with Crippen molar-refractivity contribution in [2.45, 2.75) is 231 Å². The Morgan fingerprint density at radius 1 is 0.500 bits per heavy atom. The van der Waals surface area contributed by atoms with Gasteiger partial charge in [-0.3, -0.25) is 4.79 Å². The highest BCUT2D eigenvalue weighted by molar-refractivity contribution is 5.76. The molecule has 0 rings (SSSR count). The third-order valence-corrected chi connectivity index (χ3v) is 9.65. The molecule has 0 radical (unpaired) electrons. The van der Waals surface area contributed by atoms with E-state index in [1.807, 2.05) is 0 Å². The third kappa shape index (κ3) is 35.9. The van der Waals surface area contributed by atoms with Gasteiger partial charge in [0.25, 0.3) is 0 Å². The largest absolute Gasteiger partial charge is 0.394 e. The molecule has 4 nitrogen and oxygen atoms in total. The van der Waals surface area contributed by atoms with E-state index in [4.69, 9.17) is 0 Å². The smallest absolute Gasteiger partial charge is 0.220 e. The van der Waals surface area contributed by atoms with E-state index in [0.29, 0.717) is 12.8 Å². The SMILES string of the molecule is CCCCCCC/C=C\C/C=C\C/C=C\CCCCCCCCCCCCCCCCCCC(=O)NC(CO)C(O)CCCCCCC. The molecule has 0 aromatic heterocycles. The zero-order chi connectivity index (χ0) is 35.0. The molecule has 0 saturated heterocycles. The second-order valence-electron chi connectivity index (χ2n) is 14.4. The van der Waals surface area contributed by atoms with E-state index in [1.54, 1.807) is 0 Å². The van der Waals surface area contributed by atoms with Gasteiger partial charge < -0.3 is 15.5 Å². The first-order chi connectivity index (χ1) is 23.7. The van der Waals surface area contributed by atoms with Crippen molar-refractivity contribution >= 4 is 5.91 Å². The summed E-state index contributed by atoms with van der Waals surface area (Å²) >= 11 is 0. The number of rotatable bonds is 38. The zero-order valence-electron chi connectivity index (χ0n) is 32.3. The molecule has 2 atom stereocenters. The van der Waals surface area contributed by atoms with Gasteiger partial charge in [0.1, 0.15) is 0 Å². The van der Waals surface area contributed by atoms with Crippen LogP contribution in [0, 0.1) is 0 Å². The maximum Gasteiger partial charge on any atom is 0.220 e. The minimum atomic E-state index is -0.654. The van der Waals surface area contributed by atoms with Gasteiger partial charge in [-0.2, -0.15) is 0 Å². The minimum absolute atomic E-state index is 0.0385. The third-order valence-electron chi connectivity index (χ3n) is 9.65. The van der Waals surface area contributed by atoms with E-state index in [2.05, 4.69) is 55.6 Å². The molecule has 0 spiro atoms. The van der Waals surface area contributed by atoms with Crippen molar-refractivity contribution in [2.24, 2.45) is 0 Å². The van der Waals surface area contributed by atoms with Crippen molar-refractivity contribution in [3.8, 4) is 0 Å². The van der Waals surface area contributed by atoms with Crippen LogP contribution in [0.5, 0.6) is 0 Å². The lowest BCUT2D eigenvalue weighted by molar-refractivity contribution is -0.123. The highest BCUT2D eigenvalue weighted by Crippen LogP contribution is 2.15. The highest BCUT2D eigenvalue weighted by atomic mass is 16.3. The van der Waals surface area contributed by atoms with Gasteiger partial charge in [-0.25, -0.2) is 0 Å². The van der Waals surface area contributed by atoms with Crippen molar-refractivity contribution in [3.63, 3.8) is 0 Å². The van der Waals surface area contributed by atoms with Gasteiger partial charge in [0.15, 0.2) is 0 Å². The van der Waals surface area contributed by atoms with Gasteiger partial charge in [-0.1, -0.05) is 198 Å². The van der Waals surface area contributed by atoms with Crippen molar-refractivity contribution in [2.75, 3.05) is 6.61 Å². The Morgan fingerprint density at radius 2 is 0.854 bits per heavy atom. The summed E-state index contributed by atoms with van der Waals surface area (Å²) in [5.74, 6) is -0.0385. The van der Waals surface area contributed by atoms with E-state index in [1.165, 1.54) is 154 Å². The number of hydrogen-bond donors (Lipinski definition) is 3. The molecule has 0 fully saturated rings. The first-order valence-electron chi connectivity index (χ1n) is 21.2. The normalized spacial score (nSPS) is 13.3. The Labute approximate surface area is 300 Å². The fourth-order valence-corrected chi connectivity index (χ4v) is 6.37. The number of unbranched alkanes of at least 4 members (excludes halogenated alkanes) is 25. The number of aliphatic hydroxyl groups excluding tert-OH is 2. The maximum absolute atomic E-state index is 12.3. The number of aliphatic hydroxyl groups is 2. The lowest BCUT2D eigenvalue weighted by Gasteiger charge is -2.22. The van der Waals surface area contributed by atoms with Crippen molar-refractivity contribution < 1.29 is 15.0 Å². The summed E-state index contributed by atoms with van der Waals surface area (Å²) in [6.07, 6.45) is 52.6. The Balaban J connectivity index is 3.39. The maximum atomic E-state index is 12.3. The van der Waals surface area contributed by atoms with Gasteiger partial charge in [-0.05, 0) is 51.4 Å². The van der Waals surface area contributed by atoms with Crippen molar-refractivity contribution in [1.29, 1.82) is 0 Å². The zero-order valence-corrected chi connectivity index (χ0v) is 32.3. The molecule has 3 N–H and O–H groups in total. The molecule has 0 aliphatic heterocycles. The lowest BCUT2D eigenvalue weighted by atomic mass is 10.0. The van der Waals surface area contributed by atoms with Gasteiger partial charge in [0.05, 0.1) is 18.8 Å². The van der Waals surface area contributed by atoms with Crippen LogP contribution in [0.15, 0.2) is 36.5 Å². The molecule has 2 unspecified atom stereocenters. The van der Waals surface area contributed by atoms with E-state index < -0.39 is 12.1 Å². The van der Waals surface area contributed by atoms with Crippen molar-refractivity contribution in [3.05, 3.63) is 36.5 Å². The Kier molecular flexibility index (Phi) is 38.9. The summed E-state index contributed by atoms with van der Waals surface area (Å²) < 4.78 is 0. The summed E-state index contributed by atoms with van der Waals surface area (Å²) in [5, 5.41) is 22.8. The average molecular weight is 674 g/mol. The van der Waals surface area contributed by atoms with Crippen LogP contribution in [0.2, 0.25) is 0 Å². The molecule has 0 aromatic carbocycles. The molecule has 48 heavy (non-hydrogen) atoms. The van der Waals surface area contributed by atoms with Crippen LogP contribution >= 0.6 is 0 Å². The van der Waals surface area contributed by atoms with E-state index in [0.717, 1.165) is 38.5 Å². The van der Waals surface area contributed by atoms with Crippen LogP contribution in [-0.4, -0.2) is 34.9 Å². The van der Waals surface area contributed by atoms with Gasteiger partial charge in [0, 0.05) is 6.42 Å². The minimum Gasteiger partial charge on any atom is -0.394 e. The molecule has 1 amide bonds. The number of nitrogens with one attached hydrogen (secondary N) is 1. The van der Waals surface area contributed by atoms with E-state index >= 15 is 0 Å². The second kappa shape index (κ2) is 40.0. The molecule has 0 saturated carbocycles. The van der Waals surface area contributed by atoms with Crippen LogP contribution in [0.1, 0.15) is 219 Å². The quantitative estimate of drug-likeness (QED) is 0.0451. The fourth-order valence-electron chi connectivity index (χ4n) is 6.37. The number of carbonyl (C=O) groups is 1. The molecule has 0 aromatic rings. The number of amides is 1. The molecule has 0 heterocycles. The molecular formula is C44H83NO3. The van der Waals surface area contributed by atoms with Crippen molar-refractivity contribution in [1.82, 2.24) is 5.32 Å². The fraction of sp³-hybridized carbons (Fsp3) is 0.841. The van der Waals surface area contributed by atoms with Crippen LogP contribution in [-0.2, 0) is 4.79 Å². The predicted octanol–water partition coefficient (Wildman–Crippen LogP) is 13.0. The topological polar surface area (TPSA) is 69.6 Å². The van der Waals surface area contributed by atoms with Crippen LogP contribution in [0.4, 0.5) is 0 Å². The summed E-state index contributed by atoms with van der Waals surface area (Å²) in [4.78, 5) is 12.3. The summed E-state index contributed by atoms with van der Waals surface area (Å²) in [5.41, 5.74) is 0. The first-order valence-corrected chi connectivity index (χ1v) is 21.2. The molecule has 0 bridgehead atoms. The summed E-state index contributed by atoms with van der Waals surface area (Å²) in [6.45, 7) is 4.27. The van der Waals surface area contributed by atoms with Crippen LogP contribution < -0.4 is 5.32 Å². The standard InChI is InChI=1S/C44H83NO3/c1-3-5-7-9-10-11-12-13-14-15-16-17-18-19-20-21-22-23-24-25-26-27-28-29-30-31-32-33-34-36-38-40-44(48)45-42(41-46)43(47)39-37-35-8-6-4-2/h12-13,15-16,18-19,42-43,46-47H,3-11,14,17,20-41H2,1-2H3,(H,45,48)/b13-12-,16-15-,19-18-. The van der Waals surface area contributed by atoms with E-state index in [-0.39, 0.29) is 12.5 Å². The predicted molar refractivity (Wildman–Crippen MR) is 212 cm³/mol. The monoisotopic (exact) mass is 674 g/mol. The second-order valence-corrected chi connectivity index (χ2v) is 14.4. The molecule has 0 aliphatic carbocycles. The molecular weight excluding hydrogens is 590 g/mol. The molecule has 282 valence electrons. The first kappa shape index (κ1) is 46.6. The number of allylic oxidation sites excluding steroid dienone is 6. The van der Waals surface area contributed by atoms with Crippen LogP contribution in [0.3, 0.4) is 0 Å². The van der Waals surface area contributed by atoms with Gasteiger partial charge in [0.2, 0.25) is 5.91 Å². The molecule has 0 aliphatic rings. The molecule has 4 heteroatoms. The van der Waals surface area contributed by atoms with Gasteiger partial charge >= 0.3 is 0 Å². The summed E-state index contributed by atoms with van der Waals surface area (Å²) in [6, 6.07) is -0.531. The Hall–Kier alpha value is -1.39. The lowest BCUT2D eigenvalue weighted by Crippen LogP contribution is -2.45. The Bertz CT molecular complexity index is 731. The van der Waals surface area contributed by atoms with E-state index in [9.17, 15) is 15.0 Å². The highest BCUT2D eigenvalue weighted by Gasteiger charge is 2.19. The van der Waals surface area contributed by atoms with Crippen LogP contribution in [0.25, 0.3) is 0 Å². The van der Waals surface area contributed by atoms with Gasteiger partial charge in [-0.15, -0.1) is 0 Å². The number of carbonyl (C=O) groups excluding carboxylic acids is 1. The summed E-state index contributed by atoms with van der Waals surface area (Å²) in [7, 11) is 0. The average Bonchev–Trinajstić information content (AvgIpc) is 3.09. The Morgan fingerprint density at radius 3 is 1.27 bits per heavy atom. The number of hydrogen-bond acceptors (Lipinski definition) is 3.